The molecular weight excluding hydrogens is 346 g/mol. The molecule has 0 saturated carbocycles. The molecule has 1 fully saturated rings. The van der Waals surface area contributed by atoms with E-state index in [2.05, 4.69) is 20.7 Å². The minimum Gasteiger partial charge on any atom is -0.388 e. The van der Waals surface area contributed by atoms with Crippen LogP contribution in [0.3, 0.4) is 0 Å². The van der Waals surface area contributed by atoms with E-state index in [9.17, 15) is 13.5 Å². The molecule has 0 amide bonds. The van der Waals surface area contributed by atoms with E-state index in [1.54, 1.807) is 18.2 Å². The maximum absolute atomic E-state index is 12.3. The van der Waals surface area contributed by atoms with Crippen LogP contribution in [0.2, 0.25) is 0 Å². The van der Waals surface area contributed by atoms with Gasteiger partial charge in [-0.2, -0.15) is 0 Å². The third-order valence-electron chi connectivity index (χ3n) is 3.39. The number of ether oxygens (including phenoxy) is 1. The van der Waals surface area contributed by atoms with Crippen molar-refractivity contribution in [2.75, 3.05) is 19.8 Å². The molecule has 0 bridgehead atoms. The van der Waals surface area contributed by atoms with Crippen LogP contribution >= 0.6 is 15.9 Å². The van der Waals surface area contributed by atoms with Crippen molar-refractivity contribution in [3.8, 4) is 0 Å². The Morgan fingerprint density at radius 2 is 2.05 bits per heavy atom. The summed E-state index contributed by atoms with van der Waals surface area (Å²) in [4.78, 5) is 0.179. The molecule has 1 aromatic carbocycles. The molecule has 1 aliphatic heterocycles. The first-order valence-corrected chi connectivity index (χ1v) is 8.66. The van der Waals surface area contributed by atoms with Gasteiger partial charge in [0.25, 0.3) is 0 Å². The molecule has 1 heterocycles. The van der Waals surface area contributed by atoms with Gasteiger partial charge in [0.1, 0.15) is 0 Å². The second-order valence-electron chi connectivity index (χ2n) is 5.10. The summed E-state index contributed by atoms with van der Waals surface area (Å²) >= 11 is 3.26. The van der Waals surface area contributed by atoms with E-state index < -0.39 is 15.6 Å². The van der Waals surface area contributed by atoms with Crippen LogP contribution in [0, 0.1) is 6.92 Å². The summed E-state index contributed by atoms with van der Waals surface area (Å²) < 4.78 is 32.7. The van der Waals surface area contributed by atoms with E-state index in [1.165, 1.54) is 0 Å². The van der Waals surface area contributed by atoms with E-state index in [4.69, 9.17) is 4.74 Å². The Labute approximate surface area is 127 Å². The minimum absolute atomic E-state index is 0.000982. The standard InChI is InChI=1S/C13H18BrNO4S/c1-10-2-3-12(11(14)8-10)20(17,18)15-9-13(16)4-6-19-7-5-13/h2-3,8,15-16H,4-7,9H2,1H3. The Hall–Kier alpha value is -0.470. The van der Waals surface area contributed by atoms with E-state index in [0.717, 1.165) is 5.56 Å². The predicted molar refractivity (Wildman–Crippen MR) is 79.1 cm³/mol. The Balaban J connectivity index is 2.11. The largest absolute Gasteiger partial charge is 0.388 e. The fourth-order valence-corrected chi connectivity index (χ4v) is 4.37. The van der Waals surface area contributed by atoms with Gasteiger partial charge in [-0.25, -0.2) is 13.1 Å². The molecule has 1 aromatic rings. The Morgan fingerprint density at radius 1 is 1.40 bits per heavy atom. The summed E-state index contributed by atoms with van der Waals surface area (Å²) in [5.41, 5.74) is -0.0541. The fourth-order valence-electron chi connectivity index (χ4n) is 2.06. The van der Waals surface area contributed by atoms with Crippen molar-refractivity contribution in [3.05, 3.63) is 28.2 Å². The van der Waals surface area contributed by atoms with Crippen LogP contribution in [0.25, 0.3) is 0 Å². The first kappa shape index (κ1) is 15.9. The van der Waals surface area contributed by atoms with Crippen molar-refractivity contribution in [1.82, 2.24) is 4.72 Å². The smallest absolute Gasteiger partial charge is 0.241 e. The zero-order valence-corrected chi connectivity index (χ0v) is 13.6. The summed E-state index contributed by atoms with van der Waals surface area (Å²) in [5, 5.41) is 10.3. The number of sulfonamides is 1. The van der Waals surface area contributed by atoms with Crippen LogP contribution in [0.1, 0.15) is 18.4 Å². The summed E-state index contributed by atoms with van der Waals surface area (Å²) in [5.74, 6) is 0. The van der Waals surface area contributed by atoms with Crippen molar-refractivity contribution in [2.24, 2.45) is 0 Å². The third-order valence-corrected chi connectivity index (χ3v) is 5.77. The predicted octanol–water partition coefficient (Wildman–Crippen LogP) is 1.58. The molecule has 0 aromatic heterocycles. The third kappa shape index (κ3) is 3.79. The number of benzene rings is 1. The average Bonchev–Trinajstić information content (AvgIpc) is 2.37. The molecule has 1 saturated heterocycles. The molecule has 112 valence electrons. The number of rotatable bonds is 4. The van der Waals surface area contributed by atoms with Crippen LogP contribution in [-0.2, 0) is 14.8 Å². The highest BCUT2D eigenvalue weighted by molar-refractivity contribution is 9.10. The molecule has 0 spiro atoms. The highest BCUT2D eigenvalue weighted by Crippen LogP contribution is 2.24. The van der Waals surface area contributed by atoms with E-state index in [1.807, 2.05) is 6.92 Å². The molecule has 1 aliphatic rings. The average molecular weight is 364 g/mol. The number of hydrogen-bond donors (Lipinski definition) is 2. The van der Waals surface area contributed by atoms with Gasteiger partial charge in [0, 0.05) is 37.1 Å². The Bertz CT molecular complexity index is 582. The highest BCUT2D eigenvalue weighted by atomic mass is 79.9. The molecule has 5 nitrogen and oxygen atoms in total. The number of aliphatic hydroxyl groups is 1. The van der Waals surface area contributed by atoms with Gasteiger partial charge < -0.3 is 9.84 Å². The maximum atomic E-state index is 12.3. The quantitative estimate of drug-likeness (QED) is 0.851. The monoisotopic (exact) mass is 363 g/mol. The summed E-state index contributed by atoms with van der Waals surface area (Å²) in [6, 6.07) is 5.04. The second-order valence-corrected chi connectivity index (χ2v) is 7.68. The van der Waals surface area contributed by atoms with Gasteiger partial charge >= 0.3 is 0 Å². The van der Waals surface area contributed by atoms with Crippen molar-refractivity contribution >= 4 is 26.0 Å². The summed E-state index contributed by atoms with van der Waals surface area (Å²) in [6.45, 7) is 2.79. The van der Waals surface area contributed by atoms with Crippen molar-refractivity contribution < 1.29 is 18.3 Å². The maximum Gasteiger partial charge on any atom is 0.241 e. The summed E-state index contributed by atoms with van der Waals surface area (Å²) in [7, 11) is -3.64. The zero-order chi connectivity index (χ0) is 14.8. The minimum atomic E-state index is -3.64. The number of hydrogen-bond acceptors (Lipinski definition) is 4. The van der Waals surface area contributed by atoms with Crippen molar-refractivity contribution in [3.63, 3.8) is 0 Å². The SMILES string of the molecule is Cc1ccc(S(=O)(=O)NCC2(O)CCOCC2)c(Br)c1. The molecule has 20 heavy (non-hydrogen) atoms. The van der Waals surface area contributed by atoms with Gasteiger partial charge in [-0.3, -0.25) is 0 Å². The normalized spacial score (nSPS) is 18.9. The van der Waals surface area contributed by atoms with Gasteiger partial charge in [0.05, 0.1) is 10.5 Å². The molecule has 0 aliphatic carbocycles. The van der Waals surface area contributed by atoms with Gasteiger partial charge in [-0.15, -0.1) is 0 Å². The van der Waals surface area contributed by atoms with Crippen LogP contribution in [0.5, 0.6) is 0 Å². The fraction of sp³-hybridized carbons (Fsp3) is 0.538. The first-order valence-electron chi connectivity index (χ1n) is 6.38. The molecule has 2 N–H and O–H groups in total. The van der Waals surface area contributed by atoms with Crippen molar-refractivity contribution in [1.29, 1.82) is 0 Å². The van der Waals surface area contributed by atoms with E-state index in [-0.39, 0.29) is 11.4 Å². The van der Waals surface area contributed by atoms with E-state index in [0.29, 0.717) is 30.5 Å². The number of nitrogens with one attached hydrogen (secondary N) is 1. The molecule has 2 rings (SSSR count). The van der Waals surface area contributed by atoms with Crippen LogP contribution in [-0.4, -0.2) is 38.9 Å². The lowest BCUT2D eigenvalue weighted by Gasteiger charge is -2.32. The van der Waals surface area contributed by atoms with Gasteiger partial charge in [-0.05, 0) is 40.5 Å². The molecule has 0 radical (unpaired) electrons. The lowest BCUT2D eigenvalue weighted by molar-refractivity contribution is -0.0588. The summed E-state index contributed by atoms with van der Waals surface area (Å²) in [6.07, 6.45) is 0.870. The molecule has 0 atom stereocenters. The molecule has 7 heteroatoms. The number of aryl methyl sites for hydroxylation is 1. The lowest BCUT2D eigenvalue weighted by atomic mass is 9.95. The highest BCUT2D eigenvalue weighted by Gasteiger charge is 2.31. The molecule has 0 unspecified atom stereocenters. The number of halogens is 1. The lowest BCUT2D eigenvalue weighted by Crippen LogP contribution is -2.46. The Kier molecular flexibility index (Phi) is 4.86. The Morgan fingerprint density at radius 3 is 2.65 bits per heavy atom. The zero-order valence-electron chi connectivity index (χ0n) is 11.2. The van der Waals surface area contributed by atoms with Crippen molar-refractivity contribution in [2.45, 2.75) is 30.3 Å². The van der Waals surface area contributed by atoms with Crippen LogP contribution in [0.4, 0.5) is 0 Å². The van der Waals surface area contributed by atoms with Gasteiger partial charge in [0.15, 0.2) is 0 Å². The van der Waals surface area contributed by atoms with Crippen LogP contribution < -0.4 is 4.72 Å². The first-order chi connectivity index (χ1) is 9.32. The second kappa shape index (κ2) is 6.11. The topological polar surface area (TPSA) is 75.6 Å². The molecular formula is C13H18BrNO4S. The van der Waals surface area contributed by atoms with Gasteiger partial charge in [0.2, 0.25) is 10.0 Å². The van der Waals surface area contributed by atoms with Crippen LogP contribution in [0.15, 0.2) is 27.6 Å². The van der Waals surface area contributed by atoms with Gasteiger partial charge in [-0.1, -0.05) is 6.07 Å². The van der Waals surface area contributed by atoms with E-state index >= 15 is 0 Å².